The third-order valence-electron chi connectivity index (χ3n) is 3.76. The fraction of sp³-hybridized carbons (Fsp3) is 0.538. The number of ether oxygens (including phenoxy) is 1. The zero-order chi connectivity index (χ0) is 13.3. The fourth-order valence-electron chi connectivity index (χ4n) is 2.32. The highest BCUT2D eigenvalue weighted by molar-refractivity contribution is 6.29. The first-order chi connectivity index (χ1) is 8.45. The molecule has 1 aromatic rings. The number of carbonyl (C=O) groups excluding carboxylic acids is 1. The van der Waals surface area contributed by atoms with Crippen molar-refractivity contribution in [2.75, 3.05) is 7.11 Å². The maximum Gasteiger partial charge on any atom is 0.251 e. The van der Waals surface area contributed by atoms with E-state index in [0.717, 1.165) is 6.42 Å². The zero-order valence-electron chi connectivity index (χ0n) is 10.7. The van der Waals surface area contributed by atoms with Gasteiger partial charge in [0, 0.05) is 30.3 Å². The van der Waals surface area contributed by atoms with E-state index >= 15 is 0 Å². The Bertz CT molecular complexity index is 462. The standard InChI is InChI=1S/C13H17ClN2O2/c1-13(2)9(7-10(13)18-3)16-12(17)8-4-5-15-11(14)6-8/h4-6,9-10H,7H2,1-3H3,(H,16,17). The van der Waals surface area contributed by atoms with Gasteiger partial charge >= 0.3 is 0 Å². The van der Waals surface area contributed by atoms with E-state index in [2.05, 4.69) is 24.1 Å². The normalized spacial score (nSPS) is 25.3. The number of aromatic nitrogens is 1. The van der Waals surface area contributed by atoms with Crippen molar-refractivity contribution in [3.63, 3.8) is 0 Å². The average Bonchev–Trinajstić information content (AvgIpc) is 2.33. The first-order valence-electron chi connectivity index (χ1n) is 5.90. The van der Waals surface area contributed by atoms with Crippen molar-refractivity contribution in [3.8, 4) is 0 Å². The van der Waals surface area contributed by atoms with E-state index in [0.29, 0.717) is 10.7 Å². The number of nitrogens with one attached hydrogen (secondary N) is 1. The smallest absolute Gasteiger partial charge is 0.251 e. The molecule has 0 aromatic carbocycles. The van der Waals surface area contributed by atoms with Gasteiger partial charge in [0.1, 0.15) is 5.15 Å². The Morgan fingerprint density at radius 1 is 1.61 bits per heavy atom. The highest BCUT2D eigenvalue weighted by Crippen LogP contribution is 2.42. The first-order valence-corrected chi connectivity index (χ1v) is 6.28. The number of hydrogen-bond donors (Lipinski definition) is 1. The van der Waals surface area contributed by atoms with Gasteiger partial charge in [-0.1, -0.05) is 25.4 Å². The van der Waals surface area contributed by atoms with E-state index in [1.54, 1.807) is 19.2 Å². The van der Waals surface area contributed by atoms with Gasteiger partial charge in [0.25, 0.3) is 5.91 Å². The van der Waals surface area contributed by atoms with Crippen LogP contribution in [0.4, 0.5) is 0 Å². The van der Waals surface area contributed by atoms with Crippen LogP contribution in [-0.4, -0.2) is 30.1 Å². The SMILES string of the molecule is COC1CC(NC(=O)c2ccnc(Cl)c2)C1(C)C. The van der Waals surface area contributed by atoms with Crippen molar-refractivity contribution >= 4 is 17.5 Å². The molecule has 18 heavy (non-hydrogen) atoms. The van der Waals surface area contributed by atoms with Crippen LogP contribution in [0.3, 0.4) is 0 Å². The summed E-state index contributed by atoms with van der Waals surface area (Å²) in [6, 6.07) is 3.35. The molecule has 1 aliphatic carbocycles. The van der Waals surface area contributed by atoms with Crippen molar-refractivity contribution in [1.82, 2.24) is 10.3 Å². The number of carbonyl (C=O) groups is 1. The summed E-state index contributed by atoms with van der Waals surface area (Å²) in [6.45, 7) is 4.18. The minimum Gasteiger partial charge on any atom is -0.381 e. The van der Waals surface area contributed by atoms with Gasteiger partial charge in [0.05, 0.1) is 6.10 Å². The van der Waals surface area contributed by atoms with Crippen LogP contribution in [0, 0.1) is 5.41 Å². The Balaban J connectivity index is 2.01. The second-order valence-electron chi connectivity index (χ2n) is 5.17. The summed E-state index contributed by atoms with van der Waals surface area (Å²) in [5, 5.41) is 3.33. The van der Waals surface area contributed by atoms with Crippen LogP contribution in [0.1, 0.15) is 30.6 Å². The number of amides is 1. The molecule has 1 N–H and O–H groups in total. The molecule has 98 valence electrons. The second kappa shape index (κ2) is 4.86. The van der Waals surface area contributed by atoms with Crippen LogP contribution in [0.15, 0.2) is 18.3 Å². The first kappa shape index (κ1) is 13.3. The predicted octanol–water partition coefficient (Wildman–Crippen LogP) is 2.28. The number of methoxy groups -OCH3 is 1. The largest absolute Gasteiger partial charge is 0.381 e. The minimum atomic E-state index is -0.119. The summed E-state index contributed by atoms with van der Waals surface area (Å²) in [7, 11) is 1.70. The average molecular weight is 269 g/mol. The molecule has 0 saturated heterocycles. The molecular formula is C13H17ClN2O2. The lowest BCUT2D eigenvalue weighted by molar-refractivity contribution is -0.0942. The van der Waals surface area contributed by atoms with Crippen LogP contribution in [-0.2, 0) is 4.74 Å². The number of hydrogen-bond acceptors (Lipinski definition) is 3. The van der Waals surface area contributed by atoms with Gasteiger partial charge in [-0.15, -0.1) is 0 Å². The maximum atomic E-state index is 12.0. The summed E-state index contributed by atoms with van der Waals surface area (Å²) in [5.41, 5.74) is 0.494. The third kappa shape index (κ3) is 2.35. The molecule has 1 amide bonds. The minimum absolute atomic E-state index is 0.0404. The van der Waals surface area contributed by atoms with Gasteiger partial charge < -0.3 is 10.1 Å². The quantitative estimate of drug-likeness (QED) is 0.856. The summed E-state index contributed by atoms with van der Waals surface area (Å²) >= 11 is 5.76. The van der Waals surface area contributed by atoms with Crippen LogP contribution in [0.2, 0.25) is 5.15 Å². The molecule has 5 heteroatoms. The molecule has 1 aromatic heterocycles. The Labute approximate surface area is 112 Å². The fourth-order valence-corrected chi connectivity index (χ4v) is 2.49. The molecule has 0 radical (unpaired) electrons. The molecular weight excluding hydrogens is 252 g/mol. The molecule has 2 atom stereocenters. The van der Waals surface area contributed by atoms with Gasteiger partial charge in [-0.2, -0.15) is 0 Å². The lowest BCUT2D eigenvalue weighted by Crippen LogP contribution is -2.61. The summed E-state index contributed by atoms with van der Waals surface area (Å²) in [6.07, 6.45) is 2.57. The number of rotatable bonds is 3. The van der Waals surface area contributed by atoms with Gasteiger partial charge in [0.15, 0.2) is 0 Å². The Morgan fingerprint density at radius 3 is 2.89 bits per heavy atom. The van der Waals surface area contributed by atoms with E-state index in [-0.39, 0.29) is 23.5 Å². The topological polar surface area (TPSA) is 51.2 Å². The van der Waals surface area contributed by atoms with E-state index in [1.165, 1.54) is 6.20 Å². The van der Waals surface area contributed by atoms with E-state index in [9.17, 15) is 4.79 Å². The summed E-state index contributed by atoms with van der Waals surface area (Å²) < 4.78 is 5.36. The molecule has 0 aliphatic heterocycles. The highest BCUT2D eigenvalue weighted by Gasteiger charge is 2.49. The van der Waals surface area contributed by atoms with Crippen LogP contribution < -0.4 is 5.32 Å². The van der Waals surface area contributed by atoms with Gasteiger partial charge in [0.2, 0.25) is 0 Å². The highest BCUT2D eigenvalue weighted by atomic mass is 35.5. The van der Waals surface area contributed by atoms with Crippen molar-refractivity contribution < 1.29 is 9.53 Å². The molecule has 1 saturated carbocycles. The molecule has 1 aliphatic rings. The third-order valence-corrected chi connectivity index (χ3v) is 3.96. The predicted molar refractivity (Wildman–Crippen MR) is 69.7 cm³/mol. The summed E-state index contributed by atoms with van der Waals surface area (Å²) in [5.74, 6) is -0.119. The Kier molecular flexibility index (Phi) is 3.59. The molecule has 2 unspecified atom stereocenters. The lowest BCUT2D eigenvalue weighted by atomic mass is 9.64. The van der Waals surface area contributed by atoms with Gasteiger partial charge in [-0.25, -0.2) is 4.98 Å². The Hall–Kier alpha value is -1.13. The lowest BCUT2D eigenvalue weighted by Gasteiger charge is -2.51. The van der Waals surface area contributed by atoms with Crippen molar-refractivity contribution in [3.05, 3.63) is 29.0 Å². The number of nitrogens with zero attached hydrogens (tertiary/aromatic N) is 1. The van der Waals surface area contributed by atoms with Crippen molar-refractivity contribution in [1.29, 1.82) is 0 Å². The molecule has 1 heterocycles. The second-order valence-corrected chi connectivity index (χ2v) is 5.56. The number of pyridine rings is 1. The molecule has 4 nitrogen and oxygen atoms in total. The van der Waals surface area contributed by atoms with Crippen LogP contribution in [0.25, 0.3) is 0 Å². The summed E-state index contributed by atoms with van der Waals surface area (Å²) in [4.78, 5) is 15.9. The zero-order valence-corrected chi connectivity index (χ0v) is 11.5. The van der Waals surface area contributed by atoms with Crippen molar-refractivity contribution in [2.45, 2.75) is 32.4 Å². The van der Waals surface area contributed by atoms with E-state index in [4.69, 9.17) is 16.3 Å². The molecule has 1 fully saturated rings. The molecule has 0 bridgehead atoms. The molecule has 2 rings (SSSR count). The van der Waals surface area contributed by atoms with Crippen molar-refractivity contribution in [2.24, 2.45) is 5.41 Å². The van der Waals surface area contributed by atoms with Gasteiger partial charge in [-0.3, -0.25) is 4.79 Å². The van der Waals surface area contributed by atoms with E-state index < -0.39 is 0 Å². The number of halogens is 1. The van der Waals surface area contributed by atoms with Crippen LogP contribution in [0.5, 0.6) is 0 Å². The van der Waals surface area contributed by atoms with Crippen LogP contribution >= 0.6 is 11.6 Å². The maximum absolute atomic E-state index is 12.0. The van der Waals surface area contributed by atoms with E-state index in [1.807, 2.05) is 0 Å². The molecule has 0 spiro atoms. The monoisotopic (exact) mass is 268 g/mol. The van der Waals surface area contributed by atoms with Gasteiger partial charge in [-0.05, 0) is 18.6 Å². The Morgan fingerprint density at radius 2 is 2.33 bits per heavy atom.